The number of hydrogen-bond donors (Lipinski definition) is 1. The number of amides is 1. The quantitative estimate of drug-likeness (QED) is 0.713. The maximum absolute atomic E-state index is 12.6. The lowest BCUT2D eigenvalue weighted by Crippen LogP contribution is -2.45. The number of aryl methyl sites for hydroxylation is 1. The van der Waals surface area contributed by atoms with E-state index in [0.29, 0.717) is 5.16 Å². The number of benzene rings is 1. The number of rotatable bonds is 6. The van der Waals surface area contributed by atoms with Crippen LogP contribution in [-0.4, -0.2) is 45.1 Å². The van der Waals surface area contributed by atoms with E-state index in [1.807, 2.05) is 0 Å². The summed E-state index contributed by atoms with van der Waals surface area (Å²) >= 11 is 1.37. The van der Waals surface area contributed by atoms with Crippen LogP contribution in [0.25, 0.3) is 5.69 Å². The number of thioether (sulfide) groups is 1. The second-order valence-electron chi connectivity index (χ2n) is 8.24. The van der Waals surface area contributed by atoms with Crippen LogP contribution in [-0.2, 0) is 4.79 Å². The van der Waals surface area contributed by atoms with Gasteiger partial charge in [-0.15, -0.1) is 10.2 Å². The summed E-state index contributed by atoms with van der Waals surface area (Å²) < 4.78 is 2.05. The van der Waals surface area contributed by atoms with Gasteiger partial charge >= 0.3 is 0 Å². The molecule has 158 valence electrons. The summed E-state index contributed by atoms with van der Waals surface area (Å²) in [6.45, 7) is 4.01. The van der Waals surface area contributed by atoms with E-state index in [2.05, 4.69) is 62.2 Å². The third kappa shape index (κ3) is 4.46. The molecule has 1 aliphatic heterocycles. The largest absolute Gasteiger partial charge is 0.341 e. The zero-order valence-electron chi connectivity index (χ0n) is 17.4. The van der Waals surface area contributed by atoms with Gasteiger partial charge in [0.2, 0.25) is 11.9 Å². The minimum absolute atomic E-state index is 0.124. The van der Waals surface area contributed by atoms with Gasteiger partial charge in [-0.25, -0.2) is 0 Å². The van der Waals surface area contributed by atoms with Crippen molar-refractivity contribution >= 4 is 23.6 Å². The molecule has 0 radical (unpaired) electrons. The number of carbonyl (C=O) groups excluding carboxylic acids is 1. The third-order valence-corrected chi connectivity index (χ3v) is 6.86. The van der Waals surface area contributed by atoms with Crippen LogP contribution in [0.1, 0.15) is 50.5 Å². The van der Waals surface area contributed by atoms with E-state index < -0.39 is 5.54 Å². The molecule has 1 saturated heterocycles. The molecule has 4 rings (SSSR count). The molecule has 1 aromatic heterocycles. The molecule has 0 spiro atoms. The van der Waals surface area contributed by atoms with E-state index in [1.165, 1.54) is 23.7 Å². The van der Waals surface area contributed by atoms with Gasteiger partial charge in [0, 0.05) is 13.1 Å². The average Bonchev–Trinajstić information content (AvgIpc) is 3.41. The summed E-state index contributed by atoms with van der Waals surface area (Å²) in [6, 6.07) is 10.6. The molecule has 0 unspecified atom stereocenters. The van der Waals surface area contributed by atoms with Crippen molar-refractivity contribution < 1.29 is 4.79 Å². The molecule has 2 aliphatic rings. The average molecular weight is 425 g/mol. The highest BCUT2D eigenvalue weighted by Crippen LogP contribution is 2.31. The van der Waals surface area contributed by atoms with Crippen LogP contribution in [0.3, 0.4) is 0 Å². The lowest BCUT2D eigenvalue weighted by molar-refractivity contribution is -0.119. The number of anilines is 1. The van der Waals surface area contributed by atoms with Crippen LogP contribution in [0.5, 0.6) is 0 Å². The van der Waals surface area contributed by atoms with Gasteiger partial charge in [0.15, 0.2) is 5.16 Å². The number of hydrogen-bond acceptors (Lipinski definition) is 6. The van der Waals surface area contributed by atoms with Gasteiger partial charge < -0.3 is 10.2 Å². The molecule has 2 fully saturated rings. The van der Waals surface area contributed by atoms with Crippen molar-refractivity contribution in [3.05, 3.63) is 29.8 Å². The van der Waals surface area contributed by atoms with Crippen molar-refractivity contribution in [1.29, 1.82) is 5.26 Å². The van der Waals surface area contributed by atoms with Gasteiger partial charge in [0.25, 0.3) is 0 Å². The van der Waals surface area contributed by atoms with E-state index in [9.17, 15) is 10.1 Å². The molecule has 2 heterocycles. The second kappa shape index (κ2) is 9.09. The Hall–Kier alpha value is -2.53. The molecule has 1 saturated carbocycles. The van der Waals surface area contributed by atoms with Crippen LogP contribution >= 0.6 is 11.8 Å². The third-order valence-electron chi connectivity index (χ3n) is 5.93. The monoisotopic (exact) mass is 424 g/mol. The number of nitrogens with zero attached hydrogens (tertiary/aromatic N) is 5. The zero-order valence-corrected chi connectivity index (χ0v) is 18.2. The summed E-state index contributed by atoms with van der Waals surface area (Å²) in [7, 11) is 0. The second-order valence-corrected chi connectivity index (χ2v) is 9.18. The molecule has 30 heavy (non-hydrogen) atoms. The van der Waals surface area contributed by atoms with Crippen LogP contribution in [0.15, 0.2) is 29.4 Å². The van der Waals surface area contributed by atoms with Crippen molar-refractivity contribution in [2.24, 2.45) is 0 Å². The Balaban J connectivity index is 1.53. The van der Waals surface area contributed by atoms with Crippen LogP contribution in [0, 0.1) is 18.3 Å². The fraction of sp³-hybridized carbons (Fsp3) is 0.545. The summed E-state index contributed by atoms with van der Waals surface area (Å²) in [5.41, 5.74) is 1.50. The molecule has 7 nitrogen and oxygen atoms in total. The van der Waals surface area contributed by atoms with Gasteiger partial charge in [-0.05, 0) is 64.0 Å². The van der Waals surface area contributed by atoms with E-state index >= 15 is 0 Å². The Morgan fingerprint density at radius 3 is 2.50 bits per heavy atom. The van der Waals surface area contributed by atoms with Crippen molar-refractivity contribution in [3.63, 3.8) is 0 Å². The van der Waals surface area contributed by atoms with Gasteiger partial charge in [-0.3, -0.25) is 9.36 Å². The zero-order chi connectivity index (χ0) is 21.0. The standard InChI is InChI=1S/C22H28N6OS/c1-17-7-9-18(10-8-17)28-20(27-13-5-2-6-14-27)25-26-21(28)30-15-19(29)24-22(16-23)11-3-4-12-22/h7-10H,2-6,11-15H2,1H3,(H,24,29). The molecule has 1 amide bonds. The lowest BCUT2D eigenvalue weighted by atomic mass is 10.0. The van der Waals surface area contributed by atoms with E-state index in [4.69, 9.17) is 0 Å². The maximum atomic E-state index is 12.6. The highest BCUT2D eigenvalue weighted by Gasteiger charge is 2.35. The van der Waals surface area contributed by atoms with Crippen LogP contribution < -0.4 is 10.2 Å². The smallest absolute Gasteiger partial charge is 0.232 e. The Morgan fingerprint density at radius 1 is 1.13 bits per heavy atom. The molecular formula is C22H28N6OS. The first-order chi connectivity index (χ1) is 14.6. The van der Waals surface area contributed by atoms with E-state index in [0.717, 1.165) is 63.3 Å². The molecule has 0 atom stereocenters. The predicted octanol–water partition coefficient (Wildman–Crippen LogP) is 3.61. The van der Waals surface area contributed by atoms with Crippen molar-refractivity contribution in [2.75, 3.05) is 23.7 Å². The molecule has 2 aromatic rings. The minimum Gasteiger partial charge on any atom is -0.341 e. The first kappa shape index (κ1) is 20.7. The maximum Gasteiger partial charge on any atom is 0.232 e. The molecule has 1 aromatic carbocycles. The van der Waals surface area contributed by atoms with E-state index in [-0.39, 0.29) is 11.7 Å². The predicted molar refractivity (Wildman–Crippen MR) is 118 cm³/mol. The van der Waals surface area contributed by atoms with E-state index in [1.54, 1.807) is 0 Å². The Kier molecular flexibility index (Phi) is 6.28. The minimum atomic E-state index is -0.693. The molecule has 0 bridgehead atoms. The number of piperidine rings is 1. The Labute approximate surface area is 181 Å². The summed E-state index contributed by atoms with van der Waals surface area (Å²) in [5, 5.41) is 22.1. The highest BCUT2D eigenvalue weighted by atomic mass is 32.2. The molecule has 8 heteroatoms. The summed E-state index contributed by atoms with van der Waals surface area (Å²) in [4.78, 5) is 14.9. The SMILES string of the molecule is Cc1ccc(-n2c(SCC(=O)NC3(C#N)CCCC3)nnc2N2CCCCC2)cc1. The molecule has 1 N–H and O–H groups in total. The van der Waals surface area contributed by atoms with Gasteiger partial charge in [-0.1, -0.05) is 29.5 Å². The van der Waals surface area contributed by atoms with Crippen LogP contribution in [0.2, 0.25) is 0 Å². The number of carbonyl (C=O) groups is 1. The van der Waals surface area contributed by atoms with Crippen LogP contribution in [0.4, 0.5) is 5.95 Å². The summed E-state index contributed by atoms with van der Waals surface area (Å²) in [5.74, 6) is 0.931. The van der Waals surface area contributed by atoms with Crippen molar-refractivity contribution in [2.45, 2.75) is 62.6 Å². The van der Waals surface area contributed by atoms with Crippen molar-refractivity contribution in [1.82, 2.24) is 20.1 Å². The van der Waals surface area contributed by atoms with Crippen molar-refractivity contribution in [3.8, 4) is 11.8 Å². The number of aromatic nitrogens is 3. The van der Waals surface area contributed by atoms with Gasteiger partial charge in [0.1, 0.15) is 5.54 Å². The summed E-state index contributed by atoms with van der Waals surface area (Å²) in [6.07, 6.45) is 7.00. The Bertz CT molecular complexity index is 920. The highest BCUT2D eigenvalue weighted by molar-refractivity contribution is 7.99. The molecule has 1 aliphatic carbocycles. The van der Waals surface area contributed by atoms with Gasteiger partial charge in [0.05, 0.1) is 17.5 Å². The fourth-order valence-electron chi connectivity index (χ4n) is 4.25. The molecular weight excluding hydrogens is 396 g/mol. The number of nitriles is 1. The fourth-order valence-corrected chi connectivity index (χ4v) is 5.00. The normalized spacial score (nSPS) is 18.2. The first-order valence-electron chi connectivity index (χ1n) is 10.7. The topological polar surface area (TPSA) is 86.8 Å². The van der Waals surface area contributed by atoms with Gasteiger partial charge in [-0.2, -0.15) is 5.26 Å². The lowest BCUT2D eigenvalue weighted by Gasteiger charge is -2.27. The number of nitrogens with one attached hydrogen (secondary N) is 1. The Morgan fingerprint density at radius 2 is 1.83 bits per heavy atom. The first-order valence-corrected chi connectivity index (χ1v) is 11.7.